The predicted molar refractivity (Wildman–Crippen MR) is 72.1 cm³/mol. The molecule has 0 aliphatic rings. The van der Waals surface area contributed by atoms with Crippen LogP contribution >= 0.6 is 0 Å². The molecule has 1 atom stereocenters. The smallest absolute Gasteiger partial charge is 0.151 e. The van der Waals surface area contributed by atoms with E-state index < -0.39 is 12.4 Å². The first-order valence-corrected chi connectivity index (χ1v) is 7.32. The number of hydrogen-bond acceptors (Lipinski definition) is 4. The predicted octanol–water partition coefficient (Wildman–Crippen LogP) is 1.94. The Morgan fingerprint density at radius 1 is 0.556 bits per heavy atom. The highest BCUT2D eigenvalue weighted by molar-refractivity contribution is 4.54. The lowest BCUT2D eigenvalue weighted by Gasteiger charge is -2.06. The average molecular weight is 262 g/mol. The van der Waals surface area contributed by atoms with E-state index in [9.17, 15) is 0 Å². The number of hydrogen-bond donors (Lipinski definition) is 4. The molecular formula is C14H30O4. The summed E-state index contributed by atoms with van der Waals surface area (Å²) in [5.41, 5.74) is 0. The summed E-state index contributed by atoms with van der Waals surface area (Å²) < 4.78 is 0. The molecule has 0 radical (unpaired) electrons. The summed E-state index contributed by atoms with van der Waals surface area (Å²) in [5.74, 6) is 0. The molecule has 18 heavy (non-hydrogen) atoms. The van der Waals surface area contributed by atoms with Crippen LogP contribution in [0, 0.1) is 0 Å². The molecule has 1 unspecified atom stereocenters. The average Bonchev–Trinajstić information content (AvgIpc) is 2.35. The monoisotopic (exact) mass is 262 g/mol. The summed E-state index contributed by atoms with van der Waals surface area (Å²) in [6, 6.07) is 0. The van der Waals surface area contributed by atoms with Crippen molar-refractivity contribution in [3.63, 3.8) is 0 Å². The van der Waals surface area contributed by atoms with Gasteiger partial charge in [0.15, 0.2) is 6.29 Å². The van der Waals surface area contributed by atoms with Crippen LogP contribution in [-0.4, -0.2) is 39.4 Å². The largest absolute Gasteiger partial charge is 0.394 e. The van der Waals surface area contributed by atoms with Crippen molar-refractivity contribution in [2.24, 2.45) is 0 Å². The van der Waals surface area contributed by atoms with Crippen LogP contribution in [0.3, 0.4) is 0 Å². The third-order valence-corrected chi connectivity index (χ3v) is 3.21. The van der Waals surface area contributed by atoms with E-state index in [0.29, 0.717) is 12.8 Å². The molecule has 4 nitrogen and oxygen atoms in total. The SMILES string of the molecule is OCC(O)CCCCCCCCCCCC(O)O. The Kier molecular flexibility index (Phi) is 13.2. The Labute approximate surface area is 111 Å². The number of rotatable bonds is 13. The third kappa shape index (κ3) is 13.9. The minimum atomic E-state index is -1.14. The summed E-state index contributed by atoms with van der Waals surface area (Å²) in [6.45, 7) is -0.122. The van der Waals surface area contributed by atoms with E-state index in [1.165, 1.54) is 32.1 Å². The molecule has 0 amide bonds. The minimum absolute atomic E-state index is 0.122. The van der Waals surface area contributed by atoms with Crippen molar-refractivity contribution in [1.82, 2.24) is 0 Å². The van der Waals surface area contributed by atoms with E-state index >= 15 is 0 Å². The maximum Gasteiger partial charge on any atom is 0.151 e. The van der Waals surface area contributed by atoms with Gasteiger partial charge >= 0.3 is 0 Å². The minimum Gasteiger partial charge on any atom is -0.394 e. The quantitative estimate of drug-likeness (QED) is 0.302. The zero-order valence-electron chi connectivity index (χ0n) is 11.4. The van der Waals surface area contributed by atoms with Gasteiger partial charge in [0.25, 0.3) is 0 Å². The maximum absolute atomic E-state index is 9.13. The second kappa shape index (κ2) is 13.3. The van der Waals surface area contributed by atoms with Crippen molar-refractivity contribution in [3.05, 3.63) is 0 Å². The number of aliphatic hydroxyl groups excluding tert-OH is 3. The Morgan fingerprint density at radius 3 is 1.33 bits per heavy atom. The molecule has 4 N–H and O–H groups in total. The lowest BCUT2D eigenvalue weighted by molar-refractivity contribution is -0.0466. The second-order valence-electron chi connectivity index (χ2n) is 5.08. The van der Waals surface area contributed by atoms with Crippen LogP contribution in [0.2, 0.25) is 0 Å². The van der Waals surface area contributed by atoms with E-state index in [2.05, 4.69) is 0 Å². The summed E-state index contributed by atoms with van der Waals surface area (Å²) in [6.07, 6.45) is 9.71. The zero-order valence-corrected chi connectivity index (χ0v) is 11.4. The fraction of sp³-hybridized carbons (Fsp3) is 1.00. The van der Waals surface area contributed by atoms with Gasteiger partial charge in [-0.2, -0.15) is 0 Å². The first-order valence-electron chi connectivity index (χ1n) is 7.32. The van der Waals surface area contributed by atoms with Crippen LogP contribution in [0.5, 0.6) is 0 Å². The Balaban J connectivity index is 2.99. The van der Waals surface area contributed by atoms with Crippen LogP contribution in [0.15, 0.2) is 0 Å². The summed E-state index contributed by atoms with van der Waals surface area (Å²) in [5, 5.41) is 35.1. The van der Waals surface area contributed by atoms with Crippen molar-refractivity contribution in [3.8, 4) is 0 Å². The summed E-state index contributed by atoms with van der Waals surface area (Å²) in [4.78, 5) is 0. The molecule has 0 rings (SSSR count). The van der Waals surface area contributed by atoms with Crippen molar-refractivity contribution in [1.29, 1.82) is 0 Å². The standard InChI is InChI=1S/C14H30O4/c15-12-13(16)10-8-6-4-2-1-3-5-7-9-11-14(17)18/h13-18H,1-12H2. The first kappa shape index (κ1) is 17.8. The molecular weight excluding hydrogens is 232 g/mol. The molecule has 0 aromatic heterocycles. The van der Waals surface area contributed by atoms with Gasteiger partial charge in [-0.15, -0.1) is 0 Å². The van der Waals surface area contributed by atoms with E-state index in [1.54, 1.807) is 0 Å². The molecule has 110 valence electrons. The van der Waals surface area contributed by atoms with Crippen molar-refractivity contribution < 1.29 is 20.4 Å². The second-order valence-corrected chi connectivity index (χ2v) is 5.08. The van der Waals surface area contributed by atoms with Crippen molar-refractivity contribution >= 4 is 0 Å². The van der Waals surface area contributed by atoms with Gasteiger partial charge in [0.1, 0.15) is 0 Å². The molecule has 0 saturated heterocycles. The summed E-state index contributed by atoms with van der Waals surface area (Å²) in [7, 11) is 0. The van der Waals surface area contributed by atoms with Crippen LogP contribution in [-0.2, 0) is 0 Å². The molecule has 0 saturated carbocycles. The highest BCUT2D eigenvalue weighted by atomic mass is 16.5. The molecule has 0 aliphatic carbocycles. The van der Waals surface area contributed by atoms with Gasteiger partial charge in [-0.3, -0.25) is 0 Å². The fourth-order valence-electron chi connectivity index (χ4n) is 2.04. The van der Waals surface area contributed by atoms with Gasteiger partial charge in [-0.05, 0) is 19.3 Å². The number of aliphatic hydroxyl groups is 4. The van der Waals surface area contributed by atoms with Crippen LogP contribution in [0.1, 0.15) is 70.6 Å². The van der Waals surface area contributed by atoms with Crippen LogP contribution in [0.4, 0.5) is 0 Å². The third-order valence-electron chi connectivity index (χ3n) is 3.21. The first-order chi connectivity index (χ1) is 8.66. The Bertz CT molecular complexity index is 162. The highest BCUT2D eigenvalue weighted by Crippen LogP contribution is 2.12. The van der Waals surface area contributed by atoms with Gasteiger partial charge in [-0.25, -0.2) is 0 Å². The van der Waals surface area contributed by atoms with Crippen LogP contribution < -0.4 is 0 Å². The molecule has 0 heterocycles. The van der Waals surface area contributed by atoms with E-state index in [-0.39, 0.29) is 6.61 Å². The normalized spacial score (nSPS) is 13.2. The Morgan fingerprint density at radius 2 is 0.944 bits per heavy atom. The lowest BCUT2D eigenvalue weighted by Crippen LogP contribution is -2.10. The molecule has 0 aromatic carbocycles. The highest BCUT2D eigenvalue weighted by Gasteiger charge is 2.00. The molecule has 0 aromatic rings. The van der Waals surface area contributed by atoms with Gasteiger partial charge in [-0.1, -0.05) is 51.4 Å². The van der Waals surface area contributed by atoms with Crippen molar-refractivity contribution in [2.45, 2.75) is 83.0 Å². The molecule has 0 fully saturated rings. The molecule has 4 heteroatoms. The van der Waals surface area contributed by atoms with E-state index in [0.717, 1.165) is 25.7 Å². The fourth-order valence-corrected chi connectivity index (χ4v) is 2.04. The van der Waals surface area contributed by atoms with Crippen LogP contribution in [0.25, 0.3) is 0 Å². The molecule has 0 spiro atoms. The van der Waals surface area contributed by atoms with E-state index in [1.807, 2.05) is 0 Å². The van der Waals surface area contributed by atoms with Gasteiger partial charge < -0.3 is 20.4 Å². The maximum atomic E-state index is 9.13. The topological polar surface area (TPSA) is 80.9 Å². The Hall–Kier alpha value is -0.160. The zero-order chi connectivity index (χ0) is 13.6. The van der Waals surface area contributed by atoms with Gasteiger partial charge in [0.2, 0.25) is 0 Å². The van der Waals surface area contributed by atoms with Gasteiger partial charge in [0, 0.05) is 0 Å². The number of unbranched alkanes of at least 4 members (excludes halogenated alkanes) is 8. The molecule has 0 aliphatic heterocycles. The van der Waals surface area contributed by atoms with E-state index in [4.69, 9.17) is 20.4 Å². The van der Waals surface area contributed by atoms with Crippen molar-refractivity contribution in [2.75, 3.05) is 6.61 Å². The van der Waals surface area contributed by atoms with Gasteiger partial charge in [0.05, 0.1) is 12.7 Å². The lowest BCUT2D eigenvalue weighted by atomic mass is 10.0. The molecule has 0 bridgehead atoms. The summed E-state index contributed by atoms with van der Waals surface area (Å²) >= 11 is 0.